The number of nitrogen functional groups attached to an aromatic ring is 1. The first-order valence-corrected chi connectivity index (χ1v) is 6.64. The van der Waals surface area contributed by atoms with Crippen LogP contribution in [-0.2, 0) is 20.0 Å². The molecule has 0 spiro atoms. The number of carboxylic acid groups (broad SMARTS) is 1. The summed E-state index contributed by atoms with van der Waals surface area (Å²) < 4.78 is 11.7. The summed E-state index contributed by atoms with van der Waals surface area (Å²) in [5.74, 6) is -1.36. The molecule has 0 unspecified atom stereocenters. The number of ether oxygens (including phenoxy) is 2. The van der Waals surface area contributed by atoms with Gasteiger partial charge in [-0.3, -0.25) is 4.57 Å². The minimum Gasteiger partial charge on any atom is -0.478 e. The molecule has 5 N–H and O–H groups in total. The van der Waals surface area contributed by atoms with E-state index >= 15 is 0 Å². The van der Waals surface area contributed by atoms with Crippen molar-refractivity contribution < 1.29 is 29.6 Å². The van der Waals surface area contributed by atoms with Crippen molar-refractivity contribution in [2.75, 3.05) is 19.5 Å². The Hall–Kier alpha value is -2.34. The first kappa shape index (κ1) is 15.6. The Bertz CT molecular complexity index is 751. The number of anilines is 1. The molecule has 4 atom stereocenters. The predicted molar refractivity (Wildman–Crippen MR) is 74.1 cm³/mol. The largest absolute Gasteiger partial charge is 0.478 e. The summed E-state index contributed by atoms with van der Waals surface area (Å²) in [7, 11) is 1.23. The Morgan fingerprint density at radius 3 is 2.87 bits per heavy atom. The monoisotopic (exact) mass is 325 g/mol. The van der Waals surface area contributed by atoms with Crippen LogP contribution in [0.25, 0.3) is 11.2 Å². The van der Waals surface area contributed by atoms with Crippen molar-refractivity contribution in [2.45, 2.75) is 24.0 Å². The smallest absolute Gasteiger partial charge is 0.361 e. The summed E-state index contributed by atoms with van der Waals surface area (Å²) in [4.78, 5) is 23.8. The van der Waals surface area contributed by atoms with Gasteiger partial charge in [-0.15, -0.1) is 0 Å². The topological polar surface area (TPSA) is 166 Å². The molecule has 23 heavy (non-hydrogen) atoms. The van der Waals surface area contributed by atoms with Crippen LogP contribution in [0.15, 0.2) is 12.7 Å². The van der Waals surface area contributed by atoms with Gasteiger partial charge in [0.05, 0.1) is 6.61 Å². The number of rotatable bonds is 4. The summed E-state index contributed by atoms with van der Waals surface area (Å²) in [6.45, 7) is -0.584. The average Bonchev–Trinajstić information content (AvgIpc) is 3.07. The van der Waals surface area contributed by atoms with E-state index in [1.807, 2.05) is 0 Å². The van der Waals surface area contributed by atoms with E-state index in [9.17, 15) is 20.1 Å². The zero-order valence-corrected chi connectivity index (χ0v) is 12.0. The average molecular weight is 325 g/mol. The van der Waals surface area contributed by atoms with Crippen LogP contribution in [0.5, 0.6) is 0 Å². The zero-order valence-electron chi connectivity index (χ0n) is 12.0. The second-order valence-electron chi connectivity index (χ2n) is 5.03. The molecule has 3 heterocycles. The molecule has 11 nitrogen and oxygen atoms in total. The van der Waals surface area contributed by atoms with Crippen LogP contribution in [0.2, 0.25) is 0 Å². The molecule has 2 aromatic rings. The van der Waals surface area contributed by atoms with Crippen LogP contribution < -0.4 is 5.73 Å². The van der Waals surface area contributed by atoms with Gasteiger partial charge in [0.15, 0.2) is 11.5 Å². The number of carboxylic acids is 1. The van der Waals surface area contributed by atoms with Crippen molar-refractivity contribution >= 4 is 23.0 Å². The Morgan fingerprint density at radius 2 is 2.26 bits per heavy atom. The SMILES string of the molecule is CO[C@@H]1[C@H](O)[C@@H](CO)O[C@@]1(C(=O)O)n1cnc2c(N)ncnc21. The van der Waals surface area contributed by atoms with E-state index in [2.05, 4.69) is 15.0 Å². The van der Waals surface area contributed by atoms with Gasteiger partial charge in [-0.25, -0.2) is 19.7 Å². The van der Waals surface area contributed by atoms with Gasteiger partial charge in [-0.1, -0.05) is 0 Å². The van der Waals surface area contributed by atoms with Crippen molar-refractivity contribution in [3.63, 3.8) is 0 Å². The second-order valence-corrected chi connectivity index (χ2v) is 5.03. The van der Waals surface area contributed by atoms with Crippen LogP contribution >= 0.6 is 0 Å². The van der Waals surface area contributed by atoms with Gasteiger partial charge in [0.2, 0.25) is 0 Å². The number of nitrogens with zero attached hydrogens (tertiary/aromatic N) is 4. The van der Waals surface area contributed by atoms with Crippen molar-refractivity contribution in [1.82, 2.24) is 19.5 Å². The highest BCUT2D eigenvalue weighted by molar-refractivity contribution is 5.85. The van der Waals surface area contributed by atoms with Crippen molar-refractivity contribution in [3.8, 4) is 0 Å². The lowest BCUT2D eigenvalue weighted by Gasteiger charge is -2.30. The maximum absolute atomic E-state index is 12.0. The number of aliphatic hydroxyl groups is 2. The Morgan fingerprint density at radius 1 is 1.52 bits per heavy atom. The molecule has 1 aliphatic rings. The fourth-order valence-corrected chi connectivity index (χ4v) is 2.80. The number of aliphatic hydroxyl groups excluding tert-OH is 2. The fraction of sp³-hybridized carbons (Fsp3) is 0.500. The number of nitrogens with two attached hydrogens (primary N) is 1. The van der Waals surface area contributed by atoms with Gasteiger partial charge in [-0.05, 0) is 0 Å². The molecular weight excluding hydrogens is 310 g/mol. The van der Waals surface area contributed by atoms with Crippen LogP contribution in [0, 0.1) is 0 Å². The maximum atomic E-state index is 12.0. The van der Waals surface area contributed by atoms with E-state index in [0.29, 0.717) is 0 Å². The third-order valence-corrected chi connectivity index (χ3v) is 3.87. The van der Waals surface area contributed by atoms with Gasteiger partial charge in [0, 0.05) is 7.11 Å². The Kier molecular flexibility index (Phi) is 3.64. The zero-order chi connectivity index (χ0) is 16.8. The van der Waals surface area contributed by atoms with Crippen LogP contribution in [-0.4, -0.2) is 72.8 Å². The summed E-state index contributed by atoms with van der Waals surface area (Å²) in [6.07, 6.45) is -1.49. The number of hydrogen-bond donors (Lipinski definition) is 4. The first-order valence-electron chi connectivity index (χ1n) is 6.64. The van der Waals surface area contributed by atoms with Crippen molar-refractivity contribution in [3.05, 3.63) is 12.7 Å². The molecule has 0 radical (unpaired) electrons. The molecule has 124 valence electrons. The van der Waals surface area contributed by atoms with E-state index in [1.165, 1.54) is 13.4 Å². The minimum atomic E-state index is -2.16. The van der Waals surface area contributed by atoms with E-state index in [-0.39, 0.29) is 17.0 Å². The molecule has 0 bridgehead atoms. The lowest BCUT2D eigenvalue weighted by Crippen LogP contribution is -2.52. The molecule has 1 aliphatic heterocycles. The lowest BCUT2D eigenvalue weighted by atomic mass is 10.0. The summed E-state index contributed by atoms with van der Waals surface area (Å²) in [5, 5.41) is 29.3. The lowest BCUT2D eigenvalue weighted by molar-refractivity contribution is -0.197. The first-order chi connectivity index (χ1) is 11.0. The number of imidazole rings is 1. The molecule has 0 aliphatic carbocycles. The highest BCUT2D eigenvalue weighted by atomic mass is 16.6. The number of hydrogen-bond acceptors (Lipinski definition) is 9. The predicted octanol–water partition coefficient (Wildman–Crippen LogP) is -2.09. The number of aromatic nitrogens is 4. The highest BCUT2D eigenvalue weighted by Crippen LogP contribution is 2.39. The highest BCUT2D eigenvalue weighted by Gasteiger charge is 2.62. The summed E-state index contributed by atoms with van der Waals surface area (Å²) in [5.41, 5.74) is 3.84. The maximum Gasteiger partial charge on any atom is 0.361 e. The van der Waals surface area contributed by atoms with Gasteiger partial charge in [-0.2, -0.15) is 0 Å². The van der Waals surface area contributed by atoms with Gasteiger partial charge in [0.25, 0.3) is 5.72 Å². The van der Waals surface area contributed by atoms with Crippen molar-refractivity contribution in [1.29, 1.82) is 0 Å². The van der Waals surface area contributed by atoms with Gasteiger partial charge >= 0.3 is 5.97 Å². The van der Waals surface area contributed by atoms with Gasteiger partial charge in [0.1, 0.15) is 36.5 Å². The number of methoxy groups -OCH3 is 1. The minimum absolute atomic E-state index is 0.0699. The summed E-state index contributed by atoms with van der Waals surface area (Å²) >= 11 is 0. The quantitative estimate of drug-likeness (QED) is 0.489. The molecule has 3 rings (SSSR count). The second kappa shape index (κ2) is 5.38. The van der Waals surface area contributed by atoms with E-state index < -0.39 is 36.6 Å². The standard InChI is InChI=1S/C12H15N5O6/c1-22-8-7(19)5(2-18)23-12(8,11(20)21)17-4-16-6-9(13)14-3-15-10(6)17/h3-5,7-8,18-19H,2H2,1H3,(H,20,21)(H2,13,14,15)/t5-,7-,8-,12+/m1/s1. The van der Waals surface area contributed by atoms with Gasteiger partial charge < -0.3 is 30.5 Å². The molecule has 1 fully saturated rings. The normalized spacial score (nSPS) is 30.8. The molecule has 0 amide bonds. The molecule has 2 aromatic heterocycles. The number of carbonyl (C=O) groups is 1. The van der Waals surface area contributed by atoms with Crippen molar-refractivity contribution in [2.24, 2.45) is 0 Å². The molecule has 0 aromatic carbocycles. The third-order valence-electron chi connectivity index (χ3n) is 3.87. The van der Waals surface area contributed by atoms with E-state index in [1.54, 1.807) is 0 Å². The molecule has 0 saturated carbocycles. The summed E-state index contributed by atoms with van der Waals surface area (Å²) in [6, 6.07) is 0. The molecule has 11 heteroatoms. The number of aliphatic carboxylic acids is 1. The third kappa shape index (κ3) is 1.98. The fourth-order valence-electron chi connectivity index (χ4n) is 2.80. The Balaban J connectivity index is 2.26. The number of fused-ring (bicyclic) bond motifs is 1. The van der Waals surface area contributed by atoms with Crippen LogP contribution in [0.3, 0.4) is 0 Å². The molecular formula is C12H15N5O6. The van der Waals surface area contributed by atoms with Crippen LogP contribution in [0.4, 0.5) is 5.82 Å². The molecule has 1 saturated heterocycles. The Labute approximate surface area is 129 Å². The van der Waals surface area contributed by atoms with Crippen LogP contribution in [0.1, 0.15) is 0 Å². The van der Waals surface area contributed by atoms with E-state index in [0.717, 1.165) is 10.9 Å². The van der Waals surface area contributed by atoms with E-state index in [4.69, 9.17) is 15.2 Å².